The highest BCUT2D eigenvalue weighted by Crippen LogP contribution is 2.70. The lowest BCUT2D eigenvalue weighted by atomic mass is 9.45. The summed E-state index contributed by atoms with van der Waals surface area (Å²) in [6, 6.07) is 2.53. The Balaban J connectivity index is 1.81. The SMILES string of the molecule is CC(=O)OC[C@@]12[C@H](OC(C)=O)[C@H](OC(=O)c3ccoc3)[C@@H]3OC(=O)[C@](C)(O)[C@@H](C)c4ccncc4C(=O)OC[C@@]4(C)O[C@@]1([C@H](OC(C)=O)[C@H]4[C@H](OC(C)=O)[C@@H]2OC(C)=O)[C@@]3(C)O. The predicted molar refractivity (Wildman–Crippen MR) is 199 cm³/mol. The van der Waals surface area contributed by atoms with Crippen LogP contribution in [-0.4, -0.2) is 135 Å². The summed E-state index contributed by atoms with van der Waals surface area (Å²) in [5, 5.41) is 25.7. The molecule has 4 aliphatic rings. The first-order valence-electron chi connectivity index (χ1n) is 19.4. The van der Waals surface area contributed by atoms with Crippen molar-refractivity contribution in [1.82, 2.24) is 4.98 Å². The van der Waals surface area contributed by atoms with E-state index in [9.17, 15) is 48.6 Å². The standard InChI is InChI=1S/C41H47NO20/c1-18-25-10-12-42-14-26(25)35(49)55-16-37(7)27-28(56-20(3)44)32(58-22(5)46)40(17-54-19(2)43)33(59-23(6)47)29(60-34(48)24-11-13-53-15-24)31(61-36(50)38(18,8)51)39(9,52)41(40,62-37)30(27)57-21(4)45/h10-15,18,27-33,51-52H,16-17H2,1-9H3/t18-,27+,28-,29+,30+,31-,32-,33+,37+,38+,39-,40+,41-/m0/s1. The topological polar surface area (TPSA) is 286 Å². The average Bonchev–Trinajstić information content (AvgIpc) is 3.79. The summed E-state index contributed by atoms with van der Waals surface area (Å²) in [4.78, 5) is 113. The lowest BCUT2D eigenvalue weighted by molar-refractivity contribution is -0.386. The molecule has 0 amide bonds. The molecule has 62 heavy (non-hydrogen) atoms. The van der Waals surface area contributed by atoms with Crippen molar-refractivity contribution in [1.29, 1.82) is 0 Å². The Labute approximate surface area is 353 Å². The maximum atomic E-state index is 14.6. The molecule has 2 saturated carbocycles. The first-order chi connectivity index (χ1) is 28.9. The van der Waals surface area contributed by atoms with Gasteiger partial charge in [0, 0.05) is 52.9 Å². The summed E-state index contributed by atoms with van der Waals surface area (Å²) in [6.07, 6.45) is -8.39. The second-order valence-electron chi connectivity index (χ2n) is 16.4. The van der Waals surface area contributed by atoms with Crippen LogP contribution in [0.25, 0.3) is 0 Å². The molecule has 2 N–H and O–H groups in total. The largest absolute Gasteiger partial charge is 0.472 e. The van der Waals surface area contributed by atoms with E-state index in [1.165, 1.54) is 32.2 Å². The van der Waals surface area contributed by atoms with Gasteiger partial charge in [-0.1, -0.05) is 6.92 Å². The second-order valence-corrected chi connectivity index (χ2v) is 16.4. The Morgan fingerprint density at radius 2 is 1.40 bits per heavy atom. The fourth-order valence-corrected chi connectivity index (χ4v) is 9.67. The number of esters is 8. The first kappa shape index (κ1) is 45.6. The van der Waals surface area contributed by atoms with E-state index < -0.39 is 137 Å². The Morgan fingerprint density at radius 3 is 1.97 bits per heavy atom. The molecule has 4 bridgehead atoms. The summed E-state index contributed by atoms with van der Waals surface area (Å²) in [5.41, 5.74) is -13.8. The van der Waals surface area contributed by atoms with Crippen LogP contribution in [-0.2, 0) is 71.4 Å². The number of pyridine rings is 1. The third kappa shape index (κ3) is 7.14. The number of cyclic esters (lactones) is 1. The lowest BCUT2D eigenvalue weighted by Gasteiger charge is -2.67. The minimum Gasteiger partial charge on any atom is -0.472 e. The third-order valence-electron chi connectivity index (χ3n) is 12.3. The zero-order valence-corrected chi connectivity index (χ0v) is 35.2. The number of aromatic nitrogens is 1. The fourth-order valence-electron chi connectivity index (χ4n) is 9.67. The summed E-state index contributed by atoms with van der Waals surface area (Å²) < 4.78 is 59.7. The molecule has 4 heterocycles. The van der Waals surface area contributed by atoms with Gasteiger partial charge in [-0.3, -0.25) is 29.0 Å². The van der Waals surface area contributed by atoms with Crippen LogP contribution in [0.15, 0.2) is 41.5 Å². The molecule has 21 nitrogen and oxygen atoms in total. The zero-order chi connectivity index (χ0) is 45.9. The Hall–Kier alpha value is -5.93. The Kier molecular flexibility index (Phi) is 11.8. The van der Waals surface area contributed by atoms with E-state index in [0.29, 0.717) is 0 Å². The van der Waals surface area contributed by atoms with Crippen LogP contribution in [0.3, 0.4) is 0 Å². The molecule has 3 fully saturated rings. The Morgan fingerprint density at radius 1 is 0.806 bits per heavy atom. The van der Waals surface area contributed by atoms with Gasteiger partial charge in [-0.15, -0.1) is 0 Å². The number of furan rings is 1. The van der Waals surface area contributed by atoms with Gasteiger partial charge in [-0.25, -0.2) is 14.4 Å². The third-order valence-corrected chi connectivity index (χ3v) is 12.3. The van der Waals surface area contributed by atoms with Crippen LogP contribution < -0.4 is 0 Å². The minimum absolute atomic E-state index is 0.0405. The molecule has 6 rings (SSSR count). The number of carbonyl (C=O) groups excluding carboxylic acids is 8. The monoisotopic (exact) mass is 873 g/mol. The molecule has 2 aliphatic carbocycles. The summed E-state index contributed by atoms with van der Waals surface area (Å²) >= 11 is 0. The molecule has 0 unspecified atom stereocenters. The van der Waals surface area contributed by atoms with Gasteiger partial charge in [0.15, 0.2) is 35.6 Å². The van der Waals surface area contributed by atoms with Gasteiger partial charge in [-0.05, 0) is 38.5 Å². The minimum atomic E-state index is -3.01. The van der Waals surface area contributed by atoms with Crippen molar-refractivity contribution in [2.75, 3.05) is 13.2 Å². The molecule has 2 aromatic rings. The van der Waals surface area contributed by atoms with Gasteiger partial charge >= 0.3 is 47.8 Å². The predicted octanol–water partition coefficient (Wildman–Crippen LogP) is 1.04. The molecular formula is C41H47NO20. The van der Waals surface area contributed by atoms with E-state index >= 15 is 0 Å². The number of hydrogen-bond acceptors (Lipinski definition) is 21. The number of hydrogen-bond donors (Lipinski definition) is 2. The van der Waals surface area contributed by atoms with Crippen molar-refractivity contribution in [2.45, 2.75) is 127 Å². The molecule has 336 valence electrons. The van der Waals surface area contributed by atoms with Crippen molar-refractivity contribution in [2.24, 2.45) is 11.3 Å². The number of fused-ring (bicyclic) bond motifs is 5. The number of carbonyl (C=O) groups is 8. The van der Waals surface area contributed by atoms with E-state index in [-0.39, 0.29) is 16.7 Å². The number of aliphatic hydroxyl groups is 2. The molecule has 0 radical (unpaired) electrons. The van der Waals surface area contributed by atoms with Gasteiger partial charge in [0.05, 0.1) is 23.3 Å². The van der Waals surface area contributed by atoms with Crippen molar-refractivity contribution in [3.8, 4) is 0 Å². The van der Waals surface area contributed by atoms with E-state index in [4.69, 9.17) is 47.0 Å². The smallest absolute Gasteiger partial charge is 0.341 e. The molecule has 1 saturated heterocycles. The summed E-state index contributed by atoms with van der Waals surface area (Å²) in [5.74, 6) is -12.1. The fraction of sp³-hybridized carbons (Fsp3) is 0.585. The average molecular weight is 874 g/mol. The molecule has 2 aliphatic heterocycles. The van der Waals surface area contributed by atoms with Gasteiger partial charge in [0.1, 0.15) is 48.3 Å². The van der Waals surface area contributed by atoms with Gasteiger partial charge in [-0.2, -0.15) is 0 Å². The number of rotatable bonds is 8. The normalized spacial score (nSPS) is 37.3. The highest BCUT2D eigenvalue weighted by molar-refractivity contribution is 5.92. The Bertz CT molecular complexity index is 2170. The highest BCUT2D eigenvalue weighted by atomic mass is 16.7. The van der Waals surface area contributed by atoms with Gasteiger partial charge in [0.2, 0.25) is 0 Å². The quantitative estimate of drug-likeness (QED) is 0.277. The maximum absolute atomic E-state index is 14.6. The van der Waals surface area contributed by atoms with Crippen molar-refractivity contribution in [3.05, 3.63) is 53.7 Å². The summed E-state index contributed by atoms with van der Waals surface area (Å²) in [6.45, 7) is 7.57. The summed E-state index contributed by atoms with van der Waals surface area (Å²) in [7, 11) is 0. The molecule has 1 spiro atoms. The highest BCUT2D eigenvalue weighted by Gasteiger charge is 2.92. The van der Waals surface area contributed by atoms with Crippen LogP contribution in [0, 0.1) is 11.3 Å². The van der Waals surface area contributed by atoms with Crippen molar-refractivity contribution >= 4 is 47.8 Å². The van der Waals surface area contributed by atoms with Gasteiger partial charge in [0.25, 0.3) is 0 Å². The maximum Gasteiger partial charge on any atom is 0.341 e. The molecular weight excluding hydrogens is 826 g/mol. The van der Waals surface area contributed by atoms with Crippen LogP contribution >= 0.6 is 0 Å². The number of nitrogens with zero attached hydrogens (tertiary/aromatic N) is 1. The first-order valence-corrected chi connectivity index (χ1v) is 19.4. The van der Waals surface area contributed by atoms with Gasteiger partial charge < -0.3 is 57.3 Å². The lowest BCUT2D eigenvalue weighted by Crippen LogP contribution is -2.89. The van der Waals surface area contributed by atoms with E-state index in [2.05, 4.69) is 4.98 Å². The molecule has 13 atom stereocenters. The van der Waals surface area contributed by atoms with E-state index in [1.54, 1.807) is 0 Å². The van der Waals surface area contributed by atoms with Crippen LogP contribution in [0.1, 0.15) is 94.5 Å². The van der Waals surface area contributed by atoms with Crippen molar-refractivity contribution < 1.29 is 95.6 Å². The van der Waals surface area contributed by atoms with Crippen molar-refractivity contribution in [3.63, 3.8) is 0 Å². The second kappa shape index (κ2) is 16.1. The number of ether oxygens (including phenoxy) is 9. The molecule has 0 aromatic carbocycles. The van der Waals surface area contributed by atoms with Crippen LogP contribution in [0.2, 0.25) is 0 Å². The van der Waals surface area contributed by atoms with Crippen LogP contribution in [0.4, 0.5) is 0 Å². The molecule has 2 aromatic heterocycles. The van der Waals surface area contributed by atoms with E-state index in [0.717, 1.165) is 67.2 Å². The van der Waals surface area contributed by atoms with E-state index in [1.807, 2.05) is 0 Å². The zero-order valence-electron chi connectivity index (χ0n) is 35.2. The van der Waals surface area contributed by atoms with Crippen LogP contribution in [0.5, 0.6) is 0 Å². The molecule has 21 heteroatoms.